The number of piperazine rings is 1. The fraction of sp³-hybridized carbons (Fsp3) is 0.355. The topological polar surface area (TPSA) is 78.4 Å². The van der Waals surface area contributed by atoms with Crippen LogP contribution in [0, 0.1) is 6.92 Å². The van der Waals surface area contributed by atoms with Crippen LogP contribution in [0.25, 0.3) is 10.9 Å². The summed E-state index contributed by atoms with van der Waals surface area (Å²) < 4.78 is 28.3. The van der Waals surface area contributed by atoms with Gasteiger partial charge in [-0.3, -0.25) is 4.90 Å². The molecule has 0 radical (unpaired) electrons. The van der Waals surface area contributed by atoms with Crippen molar-refractivity contribution < 1.29 is 8.42 Å². The first-order valence-corrected chi connectivity index (χ1v) is 14.9. The second kappa shape index (κ2) is 10.7. The van der Waals surface area contributed by atoms with Gasteiger partial charge in [0.2, 0.25) is 10.0 Å². The molecule has 0 aliphatic carbocycles. The number of para-hydroxylation sites is 1. The molecule has 1 fully saturated rings. The van der Waals surface area contributed by atoms with Gasteiger partial charge in [-0.05, 0) is 61.2 Å². The van der Waals surface area contributed by atoms with Gasteiger partial charge in [-0.25, -0.2) is 18.4 Å². The summed E-state index contributed by atoms with van der Waals surface area (Å²) in [6, 6.07) is 23.5. The van der Waals surface area contributed by atoms with Gasteiger partial charge in [-0.1, -0.05) is 62.7 Å². The van der Waals surface area contributed by atoms with Crippen LogP contribution in [-0.2, 0) is 15.4 Å². The summed E-state index contributed by atoms with van der Waals surface area (Å²) in [7, 11) is -3.55. The molecule has 8 heteroatoms. The first kappa shape index (κ1) is 27.2. The number of aromatic nitrogens is 2. The van der Waals surface area contributed by atoms with Crippen molar-refractivity contribution >= 4 is 32.4 Å². The number of rotatable bonds is 6. The van der Waals surface area contributed by atoms with E-state index in [0.717, 1.165) is 33.8 Å². The van der Waals surface area contributed by atoms with Gasteiger partial charge in [0.1, 0.15) is 11.6 Å². The molecule has 1 atom stereocenters. The van der Waals surface area contributed by atoms with Gasteiger partial charge in [0.05, 0.1) is 16.5 Å². The van der Waals surface area contributed by atoms with E-state index in [1.165, 1.54) is 5.56 Å². The molecule has 1 saturated heterocycles. The van der Waals surface area contributed by atoms with Crippen molar-refractivity contribution in [2.45, 2.75) is 51.0 Å². The highest BCUT2D eigenvalue weighted by Gasteiger charge is 2.31. The van der Waals surface area contributed by atoms with Crippen molar-refractivity contribution in [2.24, 2.45) is 0 Å². The molecule has 1 aliphatic heterocycles. The lowest BCUT2D eigenvalue weighted by atomic mass is 9.87. The van der Waals surface area contributed by atoms with Gasteiger partial charge in [0, 0.05) is 37.3 Å². The highest BCUT2D eigenvalue weighted by molar-refractivity contribution is 7.89. The Balaban J connectivity index is 1.32. The van der Waals surface area contributed by atoms with Gasteiger partial charge in [0.15, 0.2) is 0 Å². The summed E-state index contributed by atoms with van der Waals surface area (Å²) in [6.07, 6.45) is 0. The van der Waals surface area contributed by atoms with E-state index in [2.05, 4.69) is 57.0 Å². The highest BCUT2D eigenvalue weighted by Crippen LogP contribution is 2.29. The Morgan fingerprint density at radius 3 is 2.13 bits per heavy atom. The Morgan fingerprint density at radius 1 is 0.846 bits per heavy atom. The van der Waals surface area contributed by atoms with E-state index < -0.39 is 10.0 Å². The van der Waals surface area contributed by atoms with E-state index in [4.69, 9.17) is 9.97 Å². The van der Waals surface area contributed by atoms with Gasteiger partial charge >= 0.3 is 0 Å². The lowest BCUT2D eigenvalue weighted by molar-refractivity contribution is 0.141. The number of nitrogens with one attached hydrogen (secondary N) is 1. The van der Waals surface area contributed by atoms with Crippen molar-refractivity contribution in [2.75, 3.05) is 31.5 Å². The largest absolute Gasteiger partial charge is 0.340 e. The van der Waals surface area contributed by atoms with Gasteiger partial charge in [0.25, 0.3) is 0 Å². The van der Waals surface area contributed by atoms with Crippen molar-refractivity contribution in [3.63, 3.8) is 0 Å². The van der Waals surface area contributed by atoms with Crippen LogP contribution in [0.1, 0.15) is 50.7 Å². The maximum atomic E-state index is 13.4. The molecule has 39 heavy (non-hydrogen) atoms. The van der Waals surface area contributed by atoms with Crippen LogP contribution in [0.4, 0.5) is 11.5 Å². The predicted octanol–water partition coefficient (Wildman–Crippen LogP) is 6.05. The molecule has 5 rings (SSSR count). The van der Waals surface area contributed by atoms with E-state index in [0.29, 0.717) is 31.1 Å². The van der Waals surface area contributed by atoms with Gasteiger partial charge < -0.3 is 5.32 Å². The third kappa shape index (κ3) is 5.83. The molecule has 1 N–H and O–H groups in total. The van der Waals surface area contributed by atoms with Gasteiger partial charge in [-0.2, -0.15) is 4.31 Å². The molecule has 1 aliphatic rings. The maximum absolute atomic E-state index is 13.4. The van der Waals surface area contributed by atoms with Gasteiger partial charge in [-0.15, -0.1) is 0 Å². The second-order valence-electron chi connectivity index (χ2n) is 11.3. The number of benzene rings is 3. The summed E-state index contributed by atoms with van der Waals surface area (Å²) in [5.41, 5.74) is 4.14. The molecule has 4 aromatic rings. The van der Waals surface area contributed by atoms with Crippen molar-refractivity contribution in [1.29, 1.82) is 0 Å². The van der Waals surface area contributed by atoms with Crippen LogP contribution in [0.5, 0.6) is 0 Å². The highest BCUT2D eigenvalue weighted by atomic mass is 32.2. The molecule has 0 spiro atoms. The minimum Gasteiger partial charge on any atom is -0.340 e. The van der Waals surface area contributed by atoms with Crippen molar-refractivity contribution in [3.8, 4) is 0 Å². The molecule has 0 amide bonds. The molecule has 0 bridgehead atoms. The minimum atomic E-state index is -3.55. The summed E-state index contributed by atoms with van der Waals surface area (Å²) in [5, 5.41) is 4.43. The van der Waals surface area contributed by atoms with Crippen LogP contribution >= 0.6 is 0 Å². The molecule has 0 saturated carbocycles. The Hall–Kier alpha value is -3.33. The average molecular weight is 544 g/mol. The van der Waals surface area contributed by atoms with E-state index >= 15 is 0 Å². The number of nitrogens with zero attached hydrogens (tertiary/aromatic N) is 4. The van der Waals surface area contributed by atoms with Crippen molar-refractivity contribution in [3.05, 3.63) is 89.7 Å². The lowest BCUT2D eigenvalue weighted by Gasteiger charge is -2.37. The van der Waals surface area contributed by atoms with Crippen LogP contribution in [0.15, 0.2) is 77.7 Å². The first-order valence-electron chi connectivity index (χ1n) is 13.5. The fourth-order valence-corrected chi connectivity index (χ4v) is 6.34. The number of anilines is 2. The van der Waals surface area contributed by atoms with E-state index in [1.807, 2.05) is 48.5 Å². The monoisotopic (exact) mass is 543 g/mol. The molecule has 204 valence electrons. The second-order valence-corrected chi connectivity index (χ2v) is 13.3. The zero-order valence-electron chi connectivity index (χ0n) is 23.3. The summed E-state index contributed by atoms with van der Waals surface area (Å²) in [5.74, 6) is 1.49. The zero-order chi connectivity index (χ0) is 27.8. The van der Waals surface area contributed by atoms with E-state index in [9.17, 15) is 8.42 Å². The molecule has 7 nitrogen and oxygen atoms in total. The Bertz CT molecular complexity index is 1550. The molecule has 1 aromatic heterocycles. The van der Waals surface area contributed by atoms with Crippen LogP contribution in [0.2, 0.25) is 0 Å². The maximum Gasteiger partial charge on any atom is 0.243 e. The standard InChI is InChI=1S/C31H37N5O2S/c1-22-10-14-25(15-11-22)32-30-27-8-6-7-9-28(27)33-29(34-30)23(2)35-18-20-36(21-19-35)39(37,38)26-16-12-24(13-17-26)31(3,4)5/h6-17,23H,18-21H2,1-5H3,(H,32,33,34)/t23-/m1/s1. The summed E-state index contributed by atoms with van der Waals surface area (Å²) in [6.45, 7) is 12.6. The minimum absolute atomic E-state index is 0.0234. The first-order chi connectivity index (χ1) is 18.5. The normalized spacial score (nSPS) is 16.3. The quantitative estimate of drug-likeness (QED) is 0.319. The third-order valence-corrected chi connectivity index (χ3v) is 9.40. The number of sulfonamides is 1. The van der Waals surface area contributed by atoms with E-state index in [1.54, 1.807) is 16.4 Å². The Labute approximate surface area is 232 Å². The smallest absolute Gasteiger partial charge is 0.243 e. The summed E-state index contributed by atoms with van der Waals surface area (Å²) >= 11 is 0. The summed E-state index contributed by atoms with van der Waals surface area (Å²) in [4.78, 5) is 12.4. The Morgan fingerprint density at radius 2 is 1.49 bits per heavy atom. The van der Waals surface area contributed by atoms with Crippen LogP contribution in [0.3, 0.4) is 0 Å². The molecule has 2 heterocycles. The SMILES string of the molecule is Cc1ccc(Nc2nc([C@@H](C)N3CCN(S(=O)(=O)c4ccc(C(C)(C)C)cc4)CC3)nc3ccccc23)cc1. The number of aryl methyl sites for hydroxylation is 1. The lowest BCUT2D eigenvalue weighted by Crippen LogP contribution is -2.49. The van der Waals surface area contributed by atoms with Crippen LogP contribution < -0.4 is 5.32 Å². The number of fused-ring (bicyclic) bond motifs is 1. The van der Waals surface area contributed by atoms with Crippen molar-refractivity contribution in [1.82, 2.24) is 19.2 Å². The third-order valence-electron chi connectivity index (χ3n) is 7.49. The zero-order valence-corrected chi connectivity index (χ0v) is 24.2. The van der Waals surface area contributed by atoms with E-state index in [-0.39, 0.29) is 11.5 Å². The Kier molecular flexibility index (Phi) is 7.46. The average Bonchev–Trinajstić information content (AvgIpc) is 2.93. The predicted molar refractivity (Wildman–Crippen MR) is 158 cm³/mol. The number of hydrogen-bond donors (Lipinski definition) is 1. The number of hydrogen-bond acceptors (Lipinski definition) is 6. The molecule has 3 aromatic carbocycles. The van der Waals surface area contributed by atoms with Crippen LogP contribution in [-0.4, -0.2) is 53.8 Å². The molecule has 0 unspecified atom stereocenters. The molecular weight excluding hydrogens is 506 g/mol. The molecular formula is C31H37N5O2S. The fourth-order valence-electron chi connectivity index (χ4n) is 4.92.